The van der Waals surface area contributed by atoms with Crippen molar-refractivity contribution in [2.45, 2.75) is 37.8 Å². The standard InChI is InChI=1S/C29H27Cl2N7O3/c1-36(2)19-10-12-20(13-11-19)41-27(40)17-6-8-18(9-7-17)34-28-33-16-21-25(35-28)37-15-14-32-29(37)38(26(21)39)24-22(30)4-3-5-23(24)31/h3-9,14-16,19-20H,10-13H2,1-2H3,(H,33,34,35). The summed E-state index contributed by atoms with van der Waals surface area (Å²) in [5.74, 6) is 0.248. The number of benzene rings is 2. The van der Waals surface area contributed by atoms with Crippen LogP contribution in [0.2, 0.25) is 10.0 Å². The Bertz CT molecular complexity index is 1790. The lowest BCUT2D eigenvalue weighted by atomic mass is 9.92. The predicted octanol–water partition coefficient (Wildman–Crippen LogP) is 5.51. The van der Waals surface area contributed by atoms with E-state index in [1.807, 2.05) is 0 Å². The number of fused-ring (bicyclic) bond motifs is 3. The van der Waals surface area contributed by atoms with E-state index in [4.69, 9.17) is 27.9 Å². The Labute approximate surface area is 245 Å². The monoisotopic (exact) mass is 591 g/mol. The van der Waals surface area contributed by atoms with Crippen LogP contribution in [0.15, 0.2) is 65.8 Å². The molecule has 1 aliphatic rings. The fourth-order valence-electron chi connectivity index (χ4n) is 5.23. The Morgan fingerprint density at radius 3 is 2.41 bits per heavy atom. The minimum absolute atomic E-state index is 0.0546. The topological polar surface area (TPSA) is 107 Å². The summed E-state index contributed by atoms with van der Waals surface area (Å²) in [6, 6.07) is 12.5. The molecule has 210 valence electrons. The van der Waals surface area contributed by atoms with Crippen molar-refractivity contribution in [2.75, 3.05) is 19.4 Å². The third-order valence-corrected chi connectivity index (χ3v) is 8.05. The number of carbonyl (C=O) groups is 1. The minimum atomic E-state index is -0.404. The number of para-hydroxylation sites is 1. The number of ether oxygens (including phenoxy) is 1. The average Bonchev–Trinajstić information content (AvgIpc) is 3.45. The second-order valence-electron chi connectivity index (χ2n) is 10.2. The van der Waals surface area contributed by atoms with Gasteiger partial charge in [-0.15, -0.1) is 0 Å². The average molecular weight is 592 g/mol. The van der Waals surface area contributed by atoms with Gasteiger partial charge in [-0.1, -0.05) is 29.3 Å². The van der Waals surface area contributed by atoms with Gasteiger partial charge in [-0.05, 0) is 76.2 Å². The lowest BCUT2D eigenvalue weighted by Crippen LogP contribution is -2.35. The number of imidazole rings is 1. The van der Waals surface area contributed by atoms with Crippen LogP contribution in [0.25, 0.3) is 22.5 Å². The van der Waals surface area contributed by atoms with Gasteiger partial charge in [0.2, 0.25) is 11.7 Å². The summed E-state index contributed by atoms with van der Waals surface area (Å²) in [5.41, 5.74) is 1.44. The molecule has 6 rings (SSSR count). The van der Waals surface area contributed by atoms with E-state index < -0.39 is 5.56 Å². The lowest BCUT2D eigenvalue weighted by molar-refractivity contribution is 0.0143. The van der Waals surface area contributed by atoms with Crippen molar-refractivity contribution in [1.29, 1.82) is 0 Å². The number of carbonyl (C=O) groups excluding carboxylic acids is 1. The van der Waals surface area contributed by atoms with Crippen LogP contribution in [0.4, 0.5) is 11.6 Å². The summed E-state index contributed by atoms with van der Waals surface area (Å²) < 4.78 is 8.78. The quantitative estimate of drug-likeness (QED) is 0.258. The molecule has 1 aliphatic carbocycles. The number of nitrogens with one attached hydrogen (secondary N) is 1. The van der Waals surface area contributed by atoms with Crippen molar-refractivity contribution in [1.82, 2.24) is 28.8 Å². The molecule has 3 heterocycles. The van der Waals surface area contributed by atoms with E-state index in [1.54, 1.807) is 59.3 Å². The van der Waals surface area contributed by atoms with Gasteiger partial charge in [-0.25, -0.2) is 19.3 Å². The maximum absolute atomic E-state index is 13.6. The third-order valence-electron chi connectivity index (χ3n) is 7.44. The molecule has 0 saturated heterocycles. The van der Waals surface area contributed by atoms with Crippen LogP contribution >= 0.6 is 23.2 Å². The number of hydrogen-bond acceptors (Lipinski definition) is 8. The van der Waals surface area contributed by atoms with Crippen LogP contribution in [0, 0.1) is 0 Å². The zero-order valence-corrected chi connectivity index (χ0v) is 23.9. The van der Waals surface area contributed by atoms with Crippen molar-refractivity contribution in [2.24, 2.45) is 0 Å². The van der Waals surface area contributed by atoms with Crippen molar-refractivity contribution in [3.63, 3.8) is 0 Å². The van der Waals surface area contributed by atoms with Crippen LogP contribution in [-0.2, 0) is 4.74 Å². The highest BCUT2D eigenvalue weighted by molar-refractivity contribution is 6.37. The van der Waals surface area contributed by atoms with Gasteiger partial charge >= 0.3 is 5.97 Å². The van der Waals surface area contributed by atoms with Gasteiger partial charge in [0, 0.05) is 30.3 Å². The first kappa shape index (κ1) is 27.2. The van der Waals surface area contributed by atoms with Gasteiger partial charge in [0.25, 0.3) is 5.56 Å². The van der Waals surface area contributed by atoms with E-state index >= 15 is 0 Å². The Hall–Kier alpha value is -3.99. The molecule has 2 aromatic carbocycles. The molecule has 0 radical (unpaired) electrons. The summed E-state index contributed by atoms with van der Waals surface area (Å²) in [6.45, 7) is 0. The van der Waals surface area contributed by atoms with Gasteiger partial charge in [-0.3, -0.25) is 9.20 Å². The van der Waals surface area contributed by atoms with Crippen molar-refractivity contribution in [3.05, 3.63) is 87.0 Å². The molecule has 12 heteroatoms. The summed E-state index contributed by atoms with van der Waals surface area (Å²) in [4.78, 5) is 41.8. The number of rotatable bonds is 6. The third kappa shape index (κ3) is 5.26. The van der Waals surface area contributed by atoms with Crippen LogP contribution in [-0.4, -0.2) is 61.0 Å². The highest BCUT2D eigenvalue weighted by atomic mass is 35.5. The fraction of sp³-hybridized carbons (Fsp3) is 0.276. The Balaban J connectivity index is 1.23. The number of nitrogens with zero attached hydrogens (tertiary/aromatic N) is 6. The summed E-state index contributed by atoms with van der Waals surface area (Å²) in [7, 11) is 4.17. The van der Waals surface area contributed by atoms with Gasteiger partial charge in [-0.2, -0.15) is 4.98 Å². The fourth-order valence-corrected chi connectivity index (χ4v) is 5.79. The number of aromatic nitrogens is 5. The van der Waals surface area contributed by atoms with Gasteiger partial charge < -0.3 is 15.0 Å². The molecule has 0 amide bonds. The molecule has 10 nitrogen and oxygen atoms in total. The molecular formula is C29H27Cl2N7O3. The molecule has 0 spiro atoms. The summed E-state index contributed by atoms with van der Waals surface area (Å²) in [5, 5.41) is 4.02. The van der Waals surface area contributed by atoms with E-state index in [2.05, 4.69) is 39.3 Å². The molecule has 1 saturated carbocycles. The second kappa shape index (κ2) is 11.1. The molecule has 0 unspecified atom stereocenters. The predicted molar refractivity (Wildman–Crippen MR) is 159 cm³/mol. The summed E-state index contributed by atoms with van der Waals surface area (Å²) in [6.07, 6.45) is 8.44. The van der Waals surface area contributed by atoms with E-state index in [1.165, 1.54) is 10.8 Å². The molecule has 0 bridgehead atoms. The maximum Gasteiger partial charge on any atom is 0.338 e. The largest absolute Gasteiger partial charge is 0.459 e. The van der Waals surface area contributed by atoms with Crippen LogP contribution in [0.1, 0.15) is 36.0 Å². The van der Waals surface area contributed by atoms with Crippen molar-refractivity contribution >= 4 is 57.6 Å². The molecular weight excluding hydrogens is 565 g/mol. The van der Waals surface area contributed by atoms with Crippen molar-refractivity contribution in [3.8, 4) is 5.69 Å². The first-order valence-corrected chi connectivity index (χ1v) is 14.0. The first-order chi connectivity index (χ1) is 19.8. The second-order valence-corrected chi connectivity index (χ2v) is 11.1. The molecule has 1 N–H and O–H groups in total. The number of halogens is 2. The Morgan fingerprint density at radius 2 is 1.73 bits per heavy atom. The van der Waals surface area contributed by atoms with Crippen LogP contribution in [0.3, 0.4) is 0 Å². The number of esters is 1. The number of hydrogen-bond donors (Lipinski definition) is 1. The highest BCUT2D eigenvalue weighted by Gasteiger charge is 2.25. The zero-order chi connectivity index (χ0) is 28.7. The van der Waals surface area contributed by atoms with E-state index in [0.29, 0.717) is 44.5 Å². The van der Waals surface area contributed by atoms with E-state index in [9.17, 15) is 9.59 Å². The molecule has 0 aliphatic heterocycles. The van der Waals surface area contributed by atoms with Gasteiger partial charge in [0.15, 0.2) is 5.65 Å². The van der Waals surface area contributed by atoms with Gasteiger partial charge in [0.1, 0.15) is 11.5 Å². The molecule has 3 aromatic heterocycles. The smallest absolute Gasteiger partial charge is 0.338 e. The van der Waals surface area contributed by atoms with Gasteiger partial charge in [0.05, 0.1) is 21.3 Å². The SMILES string of the molecule is CN(C)C1CCC(OC(=O)c2ccc(Nc3ncc4c(=O)n(-c5c(Cl)cccc5Cl)c5nccn5c4n3)cc2)CC1. The van der Waals surface area contributed by atoms with Crippen LogP contribution in [0.5, 0.6) is 0 Å². The molecule has 41 heavy (non-hydrogen) atoms. The highest BCUT2D eigenvalue weighted by Crippen LogP contribution is 2.29. The van der Waals surface area contributed by atoms with E-state index in [0.717, 1.165) is 25.7 Å². The van der Waals surface area contributed by atoms with Crippen molar-refractivity contribution < 1.29 is 9.53 Å². The first-order valence-electron chi connectivity index (χ1n) is 13.2. The maximum atomic E-state index is 13.6. The number of anilines is 2. The Kier molecular flexibility index (Phi) is 7.37. The minimum Gasteiger partial charge on any atom is -0.459 e. The molecule has 5 aromatic rings. The lowest BCUT2D eigenvalue weighted by Gasteiger charge is -2.32. The van der Waals surface area contributed by atoms with E-state index in [-0.39, 0.29) is 23.4 Å². The molecule has 0 atom stereocenters. The zero-order valence-electron chi connectivity index (χ0n) is 22.4. The van der Waals surface area contributed by atoms with Crippen LogP contribution < -0.4 is 10.9 Å². The Morgan fingerprint density at radius 1 is 1.02 bits per heavy atom. The summed E-state index contributed by atoms with van der Waals surface area (Å²) >= 11 is 12.8. The molecule has 1 fully saturated rings. The normalized spacial score (nSPS) is 17.3.